The van der Waals surface area contributed by atoms with Crippen molar-refractivity contribution in [1.29, 1.82) is 0 Å². The summed E-state index contributed by atoms with van der Waals surface area (Å²) in [7, 11) is -0.540. The SMILES string of the molecule is c1ccc(P(c2ccccc2)c2ccc(-c3ccncc3)cc2)cc1. The van der Waals surface area contributed by atoms with Crippen molar-refractivity contribution in [3.63, 3.8) is 0 Å². The highest BCUT2D eigenvalue weighted by molar-refractivity contribution is 7.79. The number of rotatable bonds is 4. The Morgan fingerprint density at radius 1 is 0.440 bits per heavy atom. The van der Waals surface area contributed by atoms with E-state index in [1.165, 1.54) is 27.0 Å². The number of pyridine rings is 1. The monoisotopic (exact) mass is 339 g/mol. The van der Waals surface area contributed by atoms with Crippen molar-refractivity contribution in [3.8, 4) is 11.1 Å². The van der Waals surface area contributed by atoms with E-state index in [9.17, 15) is 0 Å². The number of hydrogen-bond donors (Lipinski definition) is 0. The Balaban J connectivity index is 1.75. The standard InChI is InChI=1S/C23H18NP/c1-3-7-21(8-4-1)25(22-9-5-2-6-10-22)23-13-11-19(12-14-23)20-15-17-24-18-16-20/h1-18H. The normalized spacial score (nSPS) is 10.8. The zero-order valence-corrected chi connectivity index (χ0v) is 14.7. The van der Waals surface area contributed by atoms with Gasteiger partial charge in [-0.25, -0.2) is 0 Å². The minimum absolute atomic E-state index is 0.540. The van der Waals surface area contributed by atoms with Crippen LogP contribution in [0.15, 0.2) is 109 Å². The summed E-state index contributed by atoms with van der Waals surface area (Å²) in [5, 5.41) is 4.12. The van der Waals surface area contributed by atoms with Crippen LogP contribution in [0.3, 0.4) is 0 Å². The molecule has 1 aromatic heterocycles. The molecular weight excluding hydrogens is 321 g/mol. The molecule has 0 saturated carbocycles. The summed E-state index contributed by atoms with van der Waals surface area (Å²) in [4.78, 5) is 4.10. The van der Waals surface area contributed by atoms with Gasteiger partial charge < -0.3 is 0 Å². The van der Waals surface area contributed by atoms with Crippen molar-refractivity contribution in [2.24, 2.45) is 0 Å². The van der Waals surface area contributed by atoms with Gasteiger partial charge in [0.2, 0.25) is 0 Å². The highest BCUT2D eigenvalue weighted by Gasteiger charge is 2.15. The molecule has 0 aliphatic heterocycles. The Morgan fingerprint density at radius 3 is 1.40 bits per heavy atom. The average molecular weight is 339 g/mol. The predicted molar refractivity (Wildman–Crippen MR) is 108 cm³/mol. The van der Waals surface area contributed by atoms with E-state index in [-0.39, 0.29) is 0 Å². The lowest BCUT2D eigenvalue weighted by atomic mass is 10.1. The third-order valence-corrected chi connectivity index (χ3v) is 6.61. The predicted octanol–water partition coefficient (Wildman–Crippen LogP) is 4.51. The molecule has 0 radical (unpaired) electrons. The summed E-state index contributed by atoms with van der Waals surface area (Å²) >= 11 is 0. The highest BCUT2D eigenvalue weighted by atomic mass is 31.1. The number of aromatic nitrogens is 1. The molecule has 0 N–H and O–H groups in total. The van der Waals surface area contributed by atoms with Crippen molar-refractivity contribution in [2.45, 2.75) is 0 Å². The van der Waals surface area contributed by atoms with Gasteiger partial charge in [-0.05, 0) is 47.1 Å². The number of hydrogen-bond acceptors (Lipinski definition) is 1. The lowest BCUT2D eigenvalue weighted by molar-refractivity contribution is 1.33. The van der Waals surface area contributed by atoms with E-state index in [1.807, 2.05) is 24.5 Å². The summed E-state index contributed by atoms with van der Waals surface area (Å²) in [6.07, 6.45) is 3.67. The van der Waals surface area contributed by atoms with Gasteiger partial charge in [0.25, 0.3) is 0 Å². The number of benzene rings is 3. The van der Waals surface area contributed by atoms with Gasteiger partial charge in [-0.3, -0.25) is 4.98 Å². The van der Waals surface area contributed by atoms with Crippen LogP contribution >= 0.6 is 7.92 Å². The first-order valence-electron chi connectivity index (χ1n) is 8.32. The van der Waals surface area contributed by atoms with Gasteiger partial charge in [0.05, 0.1) is 0 Å². The molecule has 0 spiro atoms. The molecule has 25 heavy (non-hydrogen) atoms. The molecular formula is C23H18NP. The lowest BCUT2D eigenvalue weighted by Crippen LogP contribution is -2.20. The molecule has 0 saturated heterocycles. The average Bonchev–Trinajstić information content (AvgIpc) is 2.71. The summed E-state index contributed by atoms with van der Waals surface area (Å²) in [5.74, 6) is 0. The zero-order valence-electron chi connectivity index (χ0n) is 13.8. The largest absolute Gasteiger partial charge is 0.265 e. The third kappa shape index (κ3) is 3.52. The Bertz CT molecular complexity index is 880. The van der Waals surface area contributed by atoms with Gasteiger partial charge in [0, 0.05) is 12.4 Å². The van der Waals surface area contributed by atoms with Crippen LogP contribution in [0.2, 0.25) is 0 Å². The molecule has 120 valence electrons. The molecule has 1 heterocycles. The van der Waals surface area contributed by atoms with E-state index in [4.69, 9.17) is 0 Å². The van der Waals surface area contributed by atoms with Gasteiger partial charge in [-0.15, -0.1) is 0 Å². The molecule has 0 aliphatic rings. The quantitative estimate of drug-likeness (QED) is 0.499. The Morgan fingerprint density at radius 2 is 0.880 bits per heavy atom. The third-order valence-electron chi connectivity index (χ3n) is 4.17. The molecule has 2 heteroatoms. The minimum atomic E-state index is -0.540. The Labute approximate surface area is 149 Å². The van der Waals surface area contributed by atoms with Gasteiger partial charge in [0.15, 0.2) is 0 Å². The first-order chi connectivity index (χ1) is 12.4. The van der Waals surface area contributed by atoms with Crippen molar-refractivity contribution in [1.82, 2.24) is 4.98 Å². The molecule has 3 aromatic carbocycles. The summed E-state index contributed by atoms with van der Waals surface area (Å²) in [6, 6.07) is 34.6. The van der Waals surface area contributed by atoms with Crippen LogP contribution in [0.4, 0.5) is 0 Å². The Hall–Kier alpha value is -2.76. The molecule has 0 atom stereocenters. The fraction of sp³-hybridized carbons (Fsp3) is 0. The van der Waals surface area contributed by atoms with Crippen molar-refractivity contribution < 1.29 is 0 Å². The second kappa shape index (κ2) is 7.42. The second-order valence-electron chi connectivity index (χ2n) is 5.79. The maximum Gasteiger partial charge on any atom is 0.0273 e. The maximum atomic E-state index is 4.10. The summed E-state index contributed by atoms with van der Waals surface area (Å²) in [5.41, 5.74) is 2.42. The molecule has 4 aromatic rings. The van der Waals surface area contributed by atoms with Gasteiger partial charge in [-0.1, -0.05) is 84.9 Å². The van der Waals surface area contributed by atoms with E-state index in [0.717, 1.165) is 0 Å². The second-order valence-corrected chi connectivity index (χ2v) is 8.01. The van der Waals surface area contributed by atoms with Gasteiger partial charge in [-0.2, -0.15) is 0 Å². The van der Waals surface area contributed by atoms with E-state index in [1.54, 1.807) is 0 Å². The van der Waals surface area contributed by atoms with E-state index < -0.39 is 7.92 Å². The molecule has 0 fully saturated rings. The Kier molecular flexibility index (Phi) is 4.68. The minimum Gasteiger partial charge on any atom is -0.265 e. The van der Waals surface area contributed by atoms with E-state index in [0.29, 0.717) is 0 Å². The first-order valence-corrected chi connectivity index (χ1v) is 9.67. The highest BCUT2D eigenvalue weighted by Crippen LogP contribution is 2.33. The summed E-state index contributed by atoms with van der Waals surface area (Å²) in [6.45, 7) is 0. The van der Waals surface area contributed by atoms with Gasteiger partial charge in [0.1, 0.15) is 0 Å². The van der Waals surface area contributed by atoms with Crippen LogP contribution < -0.4 is 15.9 Å². The van der Waals surface area contributed by atoms with Crippen molar-refractivity contribution in [2.75, 3.05) is 0 Å². The molecule has 0 amide bonds. The fourth-order valence-electron chi connectivity index (χ4n) is 2.95. The molecule has 4 rings (SSSR count). The van der Waals surface area contributed by atoms with Crippen LogP contribution in [0.25, 0.3) is 11.1 Å². The van der Waals surface area contributed by atoms with Gasteiger partial charge >= 0.3 is 0 Å². The fourth-order valence-corrected chi connectivity index (χ4v) is 5.23. The van der Waals surface area contributed by atoms with Crippen LogP contribution in [0.1, 0.15) is 0 Å². The number of nitrogens with zero attached hydrogens (tertiary/aromatic N) is 1. The molecule has 0 unspecified atom stereocenters. The zero-order chi connectivity index (χ0) is 16.9. The molecule has 0 bridgehead atoms. The van der Waals surface area contributed by atoms with E-state index in [2.05, 4.69) is 89.9 Å². The lowest BCUT2D eigenvalue weighted by Gasteiger charge is -2.19. The van der Waals surface area contributed by atoms with Crippen molar-refractivity contribution >= 4 is 23.8 Å². The smallest absolute Gasteiger partial charge is 0.0273 e. The summed E-state index contributed by atoms with van der Waals surface area (Å²) < 4.78 is 0. The van der Waals surface area contributed by atoms with E-state index >= 15 is 0 Å². The van der Waals surface area contributed by atoms with Crippen LogP contribution in [-0.4, -0.2) is 4.98 Å². The van der Waals surface area contributed by atoms with Crippen LogP contribution in [0, 0.1) is 0 Å². The molecule has 0 aliphatic carbocycles. The molecule has 1 nitrogen and oxygen atoms in total. The maximum absolute atomic E-state index is 4.10. The van der Waals surface area contributed by atoms with Crippen molar-refractivity contribution in [3.05, 3.63) is 109 Å². The topological polar surface area (TPSA) is 12.9 Å². The van der Waals surface area contributed by atoms with Crippen LogP contribution in [-0.2, 0) is 0 Å². The van der Waals surface area contributed by atoms with Crippen LogP contribution in [0.5, 0.6) is 0 Å². The first kappa shape index (κ1) is 15.7.